The molecule has 20 heavy (non-hydrogen) atoms. The van der Waals surface area contributed by atoms with Crippen LogP contribution in [0.25, 0.3) is 11.3 Å². The fourth-order valence-electron chi connectivity index (χ4n) is 1.70. The SMILES string of the molecule is Cc1cnc(-c2c(F)c(F)c(F)c(F)c2F)c(C=O)c1. The predicted octanol–water partition coefficient (Wildman–Crippen LogP) is 3.57. The Morgan fingerprint density at radius 3 is 1.95 bits per heavy atom. The Kier molecular flexibility index (Phi) is 3.52. The lowest BCUT2D eigenvalue weighted by atomic mass is 10.0. The molecule has 0 amide bonds. The van der Waals surface area contributed by atoms with Crippen LogP contribution in [0.5, 0.6) is 0 Å². The van der Waals surface area contributed by atoms with Gasteiger partial charge >= 0.3 is 0 Å². The number of aromatic nitrogens is 1. The Labute approximate surface area is 109 Å². The second-order valence-corrected chi connectivity index (χ2v) is 4.01. The first-order chi connectivity index (χ1) is 9.38. The van der Waals surface area contributed by atoms with Crippen molar-refractivity contribution in [3.8, 4) is 11.3 Å². The molecule has 2 nitrogen and oxygen atoms in total. The van der Waals surface area contributed by atoms with Crippen molar-refractivity contribution in [1.82, 2.24) is 4.98 Å². The topological polar surface area (TPSA) is 30.0 Å². The maximum absolute atomic E-state index is 13.6. The summed E-state index contributed by atoms with van der Waals surface area (Å²) in [6.45, 7) is 1.56. The largest absolute Gasteiger partial charge is 0.298 e. The summed E-state index contributed by atoms with van der Waals surface area (Å²) in [6.07, 6.45) is 1.38. The molecule has 1 heterocycles. The summed E-state index contributed by atoms with van der Waals surface area (Å²) >= 11 is 0. The number of rotatable bonds is 2. The fraction of sp³-hybridized carbons (Fsp3) is 0.0769. The number of halogens is 5. The normalized spacial score (nSPS) is 10.7. The average Bonchev–Trinajstić information content (AvgIpc) is 2.44. The van der Waals surface area contributed by atoms with Crippen LogP contribution >= 0.6 is 0 Å². The highest BCUT2D eigenvalue weighted by molar-refractivity contribution is 5.86. The second-order valence-electron chi connectivity index (χ2n) is 4.01. The maximum Gasteiger partial charge on any atom is 0.200 e. The zero-order chi connectivity index (χ0) is 15.0. The standard InChI is InChI=1S/C13H6F5NO/c1-5-2-6(4-20)13(19-3-5)7-8(14)10(16)12(18)11(17)9(7)15/h2-4H,1H3. The number of aldehydes is 1. The van der Waals surface area contributed by atoms with Crippen LogP contribution in [-0.4, -0.2) is 11.3 Å². The van der Waals surface area contributed by atoms with E-state index in [1.54, 1.807) is 6.92 Å². The Bertz CT molecular complexity index is 685. The first-order valence-electron chi connectivity index (χ1n) is 5.32. The molecule has 0 N–H and O–H groups in total. The summed E-state index contributed by atoms with van der Waals surface area (Å²) in [6, 6.07) is 1.23. The highest BCUT2D eigenvalue weighted by Gasteiger charge is 2.28. The van der Waals surface area contributed by atoms with E-state index in [0.717, 1.165) is 6.20 Å². The lowest BCUT2D eigenvalue weighted by Gasteiger charge is -2.09. The zero-order valence-corrected chi connectivity index (χ0v) is 9.98. The molecule has 1 aromatic heterocycles. The van der Waals surface area contributed by atoms with Gasteiger partial charge in [0.25, 0.3) is 0 Å². The van der Waals surface area contributed by atoms with E-state index in [1.165, 1.54) is 6.07 Å². The molecule has 0 aliphatic heterocycles. The number of carbonyl (C=O) groups excluding carboxylic acids is 1. The Morgan fingerprint density at radius 2 is 1.45 bits per heavy atom. The van der Waals surface area contributed by atoms with Gasteiger partial charge in [0.2, 0.25) is 5.82 Å². The van der Waals surface area contributed by atoms with Crippen LogP contribution in [0.15, 0.2) is 12.3 Å². The summed E-state index contributed by atoms with van der Waals surface area (Å²) < 4.78 is 66.5. The van der Waals surface area contributed by atoms with Gasteiger partial charge in [0.1, 0.15) is 0 Å². The van der Waals surface area contributed by atoms with E-state index in [9.17, 15) is 26.7 Å². The van der Waals surface area contributed by atoms with Gasteiger partial charge in [-0.3, -0.25) is 9.78 Å². The minimum Gasteiger partial charge on any atom is -0.298 e. The minimum absolute atomic E-state index is 0.230. The van der Waals surface area contributed by atoms with Gasteiger partial charge in [0.05, 0.1) is 11.3 Å². The Hall–Kier alpha value is -2.31. The fourth-order valence-corrected chi connectivity index (χ4v) is 1.70. The monoisotopic (exact) mass is 287 g/mol. The average molecular weight is 287 g/mol. The molecule has 0 saturated carbocycles. The summed E-state index contributed by atoms with van der Waals surface area (Å²) in [5.41, 5.74) is -1.59. The molecule has 1 aromatic carbocycles. The number of carbonyl (C=O) groups is 1. The maximum atomic E-state index is 13.6. The molecule has 0 atom stereocenters. The van der Waals surface area contributed by atoms with Gasteiger partial charge in [-0.25, -0.2) is 22.0 Å². The number of hydrogen-bond acceptors (Lipinski definition) is 2. The van der Waals surface area contributed by atoms with E-state index in [2.05, 4.69) is 4.98 Å². The van der Waals surface area contributed by atoms with Crippen LogP contribution in [0.1, 0.15) is 15.9 Å². The summed E-state index contributed by atoms with van der Waals surface area (Å²) in [5.74, 6) is -10.5. The van der Waals surface area contributed by atoms with Gasteiger partial charge in [-0.2, -0.15) is 0 Å². The predicted molar refractivity (Wildman–Crippen MR) is 59.6 cm³/mol. The van der Waals surface area contributed by atoms with Crippen molar-refractivity contribution in [2.75, 3.05) is 0 Å². The molecule has 0 aliphatic carbocycles. The van der Waals surface area contributed by atoms with Gasteiger partial charge in [-0.05, 0) is 18.6 Å². The van der Waals surface area contributed by atoms with Gasteiger partial charge < -0.3 is 0 Å². The molecule has 7 heteroatoms. The molecule has 0 saturated heterocycles. The van der Waals surface area contributed by atoms with E-state index in [1.807, 2.05) is 0 Å². The third-order valence-corrected chi connectivity index (χ3v) is 2.63. The Morgan fingerprint density at radius 1 is 0.950 bits per heavy atom. The van der Waals surface area contributed by atoms with Crippen LogP contribution in [0.4, 0.5) is 22.0 Å². The number of hydrogen-bond donors (Lipinski definition) is 0. The van der Waals surface area contributed by atoms with Crippen LogP contribution in [0.2, 0.25) is 0 Å². The smallest absolute Gasteiger partial charge is 0.200 e. The van der Waals surface area contributed by atoms with Gasteiger partial charge in [0.15, 0.2) is 29.6 Å². The molecule has 0 unspecified atom stereocenters. The first-order valence-corrected chi connectivity index (χ1v) is 5.32. The Balaban J connectivity index is 2.87. The van der Waals surface area contributed by atoms with E-state index in [-0.39, 0.29) is 11.8 Å². The summed E-state index contributed by atoms with van der Waals surface area (Å²) in [4.78, 5) is 14.5. The number of aryl methyl sites for hydroxylation is 1. The molecule has 0 spiro atoms. The number of nitrogens with zero attached hydrogens (tertiary/aromatic N) is 1. The first kappa shape index (κ1) is 14.1. The molecular weight excluding hydrogens is 281 g/mol. The van der Waals surface area contributed by atoms with Gasteiger partial charge in [-0.15, -0.1) is 0 Å². The third kappa shape index (κ3) is 2.04. The zero-order valence-electron chi connectivity index (χ0n) is 9.98. The molecular formula is C13H6F5NO. The molecule has 2 aromatic rings. The van der Waals surface area contributed by atoms with Crippen molar-refractivity contribution in [1.29, 1.82) is 0 Å². The molecule has 104 valence electrons. The highest BCUT2D eigenvalue weighted by Crippen LogP contribution is 2.31. The van der Waals surface area contributed by atoms with Crippen molar-refractivity contribution in [2.24, 2.45) is 0 Å². The molecule has 0 aliphatic rings. The minimum atomic E-state index is -2.26. The summed E-state index contributed by atoms with van der Waals surface area (Å²) in [5, 5.41) is 0. The molecule has 0 radical (unpaired) electrons. The number of pyridine rings is 1. The van der Waals surface area contributed by atoms with Crippen molar-refractivity contribution >= 4 is 6.29 Å². The molecule has 0 fully saturated rings. The quantitative estimate of drug-likeness (QED) is 0.366. The van der Waals surface area contributed by atoms with Crippen LogP contribution in [0.3, 0.4) is 0 Å². The van der Waals surface area contributed by atoms with E-state index >= 15 is 0 Å². The summed E-state index contributed by atoms with van der Waals surface area (Å²) in [7, 11) is 0. The molecule has 2 rings (SSSR count). The third-order valence-electron chi connectivity index (χ3n) is 2.63. The van der Waals surface area contributed by atoms with Crippen LogP contribution in [0, 0.1) is 36.0 Å². The van der Waals surface area contributed by atoms with Gasteiger partial charge in [0, 0.05) is 11.8 Å². The van der Waals surface area contributed by atoms with Crippen molar-refractivity contribution in [3.63, 3.8) is 0 Å². The van der Waals surface area contributed by atoms with E-state index in [4.69, 9.17) is 0 Å². The van der Waals surface area contributed by atoms with Crippen molar-refractivity contribution in [3.05, 3.63) is 52.5 Å². The number of benzene rings is 1. The lowest BCUT2D eigenvalue weighted by molar-refractivity contribution is 0.112. The highest BCUT2D eigenvalue weighted by atomic mass is 19.2. The van der Waals surface area contributed by atoms with Crippen LogP contribution in [-0.2, 0) is 0 Å². The van der Waals surface area contributed by atoms with Crippen molar-refractivity contribution < 1.29 is 26.7 Å². The van der Waals surface area contributed by atoms with E-state index < -0.39 is 40.3 Å². The van der Waals surface area contributed by atoms with E-state index in [0.29, 0.717) is 5.56 Å². The van der Waals surface area contributed by atoms with Crippen LogP contribution < -0.4 is 0 Å². The molecule has 0 bridgehead atoms. The lowest BCUT2D eigenvalue weighted by Crippen LogP contribution is -2.06. The van der Waals surface area contributed by atoms with Gasteiger partial charge in [-0.1, -0.05) is 0 Å². The van der Waals surface area contributed by atoms with Crippen molar-refractivity contribution in [2.45, 2.75) is 6.92 Å². The second kappa shape index (κ2) is 4.99.